The highest BCUT2D eigenvalue weighted by atomic mass is 19.3. The van der Waals surface area contributed by atoms with E-state index in [2.05, 4.69) is 5.32 Å². The molecule has 0 saturated carbocycles. The molecule has 2 saturated heterocycles. The summed E-state index contributed by atoms with van der Waals surface area (Å²) in [4.78, 5) is 2.04. The summed E-state index contributed by atoms with van der Waals surface area (Å²) in [5.74, 6) is -2.71. The van der Waals surface area contributed by atoms with E-state index in [1.807, 2.05) is 11.9 Å². The summed E-state index contributed by atoms with van der Waals surface area (Å²) in [6, 6.07) is 0. The van der Waals surface area contributed by atoms with Crippen LogP contribution in [-0.2, 0) is 0 Å². The average molecular weight is 232 g/mol. The number of nitrogens with one attached hydrogen (secondary N) is 1. The van der Waals surface area contributed by atoms with Gasteiger partial charge in [0.2, 0.25) is 0 Å². The molecule has 0 radical (unpaired) electrons. The first-order valence-corrected chi connectivity index (χ1v) is 6.35. The maximum atomic E-state index is 14.1. The topological polar surface area (TPSA) is 15.3 Å². The molecule has 1 N–H and O–H groups in total. The number of piperidine rings is 1. The zero-order valence-electron chi connectivity index (χ0n) is 10.0. The third-order valence-corrected chi connectivity index (χ3v) is 3.94. The number of nitrogens with zero attached hydrogens (tertiary/aromatic N) is 1. The molecule has 16 heavy (non-hydrogen) atoms. The van der Waals surface area contributed by atoms with Gasteiger partial charge in [0.15, 0.2) is 0 Å². The van der Waals surface area contributed by atoms with Gasteiger partial charge in [0.1, 0.15) is 0 Å². The summed E-state index contributed by atoms with van der Waals surface area (Å²) >= 11 is 0. The summed E-state index contributed by atoms with van der Waals surface area (Å²) in [6.45, 7) is 3.22. The van der Waals surface area contributed by atoms with Crippen molar-refractivity contribution in [1.82, 2.24) is 10.2 Å². The number of halogens is 2. The Morgan fingerprint density at radius 3 is 2.81 bits per heavy atom. The molecular formula is C12H22F2N2. The van der Waals surface area contributed by atoms with Crippen LogP contribution in [0.15, 0.2) is 0 Å². The molecule has 0 aromatic heterocycles. The van der Waals surface area contributed by atoms with Crippen molar-refractivity contribution in [3.8, 4) is 0 Å². The first-order valence-electron chi connectivity index (χ1n) is 6.35. The van der Waals surface area contributed by atoms with E-state index in [0.717, 1.165) is 32.5 Å². The molecule has 0 aromatic rings. The van der Waals surface area contributed by atoms with Gasteiger partial charge in [0.05, 0.1) is 0 Å². The lowest BCUT2D eigenvalue weighted by Crippen LogP contribution is -2.42. The van der Waals surface area contributed by atoms with E-state index in [1.165, 1.54) is 0 Å². The van der Waals surface area contributed by atoms with Crippen LogP contribution in [0.1, 0.15) is 25.7 Å². The van der Waals surface area contributed by atoms with Crippen LogP contribution >= 0.6 is 0 Å². The SMILES string of the molecule is CN1CCCC(C(F)(F)CC2CCNC2)C1. The van der Waals surface area contributed by atoms with E-state index in [1.54, 1.807) is 0 Å². The van der Waals surface area contributed by atoms with Crippen molar-refractivity contribution in [2.75, 3.05) is 33.2 Å². The van der Waals surface area contributed by atoms with Crippen LogP contribution in [0, 0.1) is 11.8 Å². The highest BCUT2D eigenvalue weighted by molar-refractivity contribution is 4.86. The van der Waals surface area contributed by atoms with Crippen molar-refractivity contribution in [3.63, 3.8) is 0 Å². The molecule has 94 valence electrons. The number of rotatable bonds is 3. The van der Waals surface area contributed by atoms with Gasteiger partial charge in [-0.05, 0) is 51.9 Å². The standard InChI is InChI=1S/C12H22F2N2/c1-16-6-2-3-11(9-16)12(13,14)7-10-4-5-15-8-10/h10-11,15H,2-9H2,1H3. The van der Waals surface area contributed by atoms with E-state index >= 15 is 0 Å². The van der Waals surface area contributed by atoms with Crippen LogP contribution in [-0.4, -0.2) is 44.0 Å². The predicted octanol–water partition coefficient (Wildman–Crippen LogP) is 1.96. The maximum absolute atomic E-state index is 14.1. The van der Waals surface area contributed by atoms with E-state index in [4.69, 9.17) is 0 Å². The van der Waals surface area contributed by atoms with Crippen LogP contribution in [0.25, 0.3) is 0 Å². The number of likely N-dealkylation sites (tertiary alicyclic amines) is 1. The van der Waals surface area contributed by atoms with Gasteiger partial charge in [-0.25, -0.2) is 8.78 Å². The van der Waals surface area contributed by atoms with E-state index in [-0.39, 0.29) is 12.3 Å². The zero-order valence-corrected chi connectivity index (χ0v) is 10.0. The van der Waals surface area contributed by atoms with Gasteiger partial charge >= 0.3 is 0 Å². The van der Waals surface area contributed by atoms with Crippen molar-refractivity contribution in [1.29, 1.82) is 0 Å². The van der Waals surface area contributed by atoms with Crippen molar-refractivity contribution < 1.29 is 8.78 Å². The molecule has 2 nitrogen and oxygen atoms in total. The summed E-state index contributed by atoms with van der Waals surface area (Å²) in [5.41, 5.74) is 0. The summed E-state index contributed by atoms with van der Waals surface area (Å²) < 4.78 is 28.2. The number of hydrogen-bond acceptors (Lipinski definition) is 2. The minimum Gasteiger partial charge on any atom is -0.316 e. The molecule has 2 aliphatic heterocycles. The molecule has 2 atom stereocenters. The van der Waals surface area contributed by atoms with Gasteiger partial charge in [-0.2, -0.15) is 0 Å². The normalized spacial score (nSPS) is 33.2. The molecule has 2 heterocycles. The second kappa shape index (κ2) is 4.96. The largest absolute Gasteiger partial charge is 0.316 e. The van der Waals surface area contributed by atoms with E-state index in [9.17, 15) is 8.78 Å². The zero-order chi connectivity index (χ0) is 11.6. The second-order valence-corrected chi connectivity index (χ2v) is 5.43. The van der Waals surface area contributed by atoms with Crippen LogP contribution in [0.3, 0.4) is 0 Å². The predicted molar refractivity (Wildman–Crippen MR) is 60.8 cm³/mol. The first-order chi connectivity index (χ1) is 7.58. The fraction of sp³-hybridized carbons (Fsp3) is 1.00. The summed E-state index contributed by atoms with van der Waals surface area (Å²) in [6.07, 6.45) is 2.60. The number of hydrogen-bond donors (Lipinski definition) is 1. The monoisotopic (exact) mass is 232 g/mol. The molecule has 4 heteroatoms. The van der Waals surface area contributed by atoms with Crippen molar-refractivity contribution in [2.24, 2.45) is 11.8 Å². The fourth-order valence-corrected chi connectivity index (χ4v) is 2.95. The second-order valence-electron chi connectivity index (χ2n) is 5.43. The average Bonchev–Trinajstić information content (AvgIpc) is 2.70. The Morgan fingerprint density at radius 1 is 1.38 bits per heavy atom. The quantitative estimate of drug-likeness (QED) is 0.800. The molecule has 2 unspecified atom stereocenters. The summed E-state index contributed by atoms with van der Waals surface area (Å²) in [7, 11) is 1.94. The van der Waals surface area contributed by atoms with Crippen LogP contribution in [0.4, 0.5) is 8.78 Å². The third-order valence-electron chi connectivity index (χ3n) is 3.94. The molecule has 0 amide bonds. The lowest BCUT2D eigenvalue weighted by Gasteiger charge is -2.35. The van der Waals surface area contributed by atoms with Crippen molar-refractivity contribution in [3.05, 3.63) is 0 Å². The Balaban J connectivity index is 1.88. The molecule has 2 aliphatic rings. The molecule has 0 aliphatic carbocycles. The Bertz CT molecular complexity index is 227. The van der Waals surface area contributed by atoms with Crippen LogP contribution < -0.4 is 5.32 Å². The molecule has 0 bridgehead atoms. The maximum Gasteiger partial charge on any atom is 0.252 e. The fourth-order valence-electron chi connectivity index (χ4n) is 2.95. The lowest BCUT2D eigenvalue weighted by atomic mass is 9.86. The molecule has 0 aromatic carbocycles. The van der Waals surface area contributed by atoms with Gasteiger partial charge in [0, 0.05) is 18.9 Å². The van der Waals surface area contributed by atoms with Gasteiger partial charge in [-0.15, -0.1) is 0 Å². The van der Waals surface area contributed by atoms with Crippen LogP contribution in [0.5, 0.6) is 0 Å². The van der Waals surface area contributed by atoms with Crippen molar-refractivity contribution >= 4 is 0 Å². The number of alkyl halides is 2. The highest BCUT2D eigenvalue weighted by Crippen LogP contribution is 2.37. The highest BCUT2D eigenvalue weighted by Gasteiger charge is 2.42. The Morgan fingerprint density at radius 2 is 2.19 bits per heavy atom. The Kier molecular flexibility index (Phi) is 3.80. The molecular weight excluding hydrogens is 210 g/mol. The lowest BCUT2D eigenvalue weighted by molar-refractivity contribution is -0.0945. The van der Waals surface area contributed by atoms with E-state index < -0.39 is 11.8 Å². The van der Waals surface area contributed by atoms with Crippen LogP contribution in [0.2, 0.25) is 0 Å². The third kappa shape index (κ3) is 2.92. The Hall–Kier alpha value is -0.220. The molecule has 0 spiro atoms. The van der Waals surface area contributed by atoms with Gasteiger partial charge < -0.3 is 10.2 Å². The van der Waals surface area contributed by atoms with Gasteiger partial charge in [-0.1, -0.05) is 0 Å². The minimum absolute atomic E-state index is 0.0819. The molecule has 2 rings (SSSR count). The Labute approximate surface area is 96.4 Å². The van der Waals surface area contributed by atoms with Crippen molar-refractivity contribution in [2.45, 2.75) is 31.6 Å². The molecule has 2 fully saturated rings. The van der Waals surface area contributed by atoms with Gasteiger partial charge in [0.25, 0.3) is 5.92 Å². The van der Waals surface area contributed by atoms with Gasteiger partial charge in [-0.3, -0.25) is 0 Å². The van der Waals surface area contributed by atoms with E-state index in [0.29, 0.717) is 13.0 Å². The first kappa shape index (κ1) is 12.2. The minimum atomic E-state index is -2.47. The summed E-state index contributed by atoms with van der Waals surface area (Å²) in [5, 5.41) is 3.16. The smallest absolute Gasteiger partial charge is 0.252 e.